The molecule has 238 valence electrons. The molecule has 8 heteroatoms. The minimum Gasteiger partial charge on any atom is -0.457 e. The van der Waals surface area contributed by atoms with Crippen LogP contribution in [0.3, 0.4) is 0 Å². The molecule has 0 spiro atoms. The number of nitrogens with one attached hydrogen (secondary N) is 1. The van der Waals surface area contributed by atoms with E-state index in [4.69, 9.17) is 14.2 Å². The first kappa shape index (κ1) is 36.0. The summed E-state index contributed by atoms with van der Waals surface area (Å²) in [6.07, 6.45) is 13.3. The molecular formula is C35H51NO7. The van der Waals surface area contributed by atoms with Gasteiger partial charge in [0.2, 0.25) is 0 Å². The molecule has 2 N–H and O–H groups in total. The van der Waals surface area contributed by atoms with Gasteiger partial charge in [-0.25, -0.2) is 4.79 Å². The monoisotopic (exact) mass is 597 g/mol. The van der Waals surface area contributed by atoms with E-state index >= 15 is 0 Å². The number of hydrogen-bond acceptors (Lipinski definition) is 7. The number of fused-ring (bicyclic) bond motifs is 3. The molecule has 2 heterocycles. The molecule has 0 aliphatic carbocycles. The highest BCUT2D eigenvalue weighted by Gasteiger charge is 2.31. The standard InChI is InChI=1S/C35H51NO7/c1-8-9-15-31-27(6)34(39)35(40)36-28-13-11-10-12-14-29(41-7)21-26(5)25(4)17-16-23(2)18-30(42-33(38)22-28)19-24(3)20-32(37)43-31/h9,15-17,19,22,27,29-31,34,39H,5,8,10-14,18,20-21H2,1-4,6-7H3,(H,36,40)/b15-9-,23-16-,24-19-,25-17+,28-22+. The molecule has 0 aromatic carbocycles. The summed E-state index contributed by atoms with van der Waals surface area (Å²) >= 11 is 0. The number of carbonyl (C=O) groups excluding carboxylic acids is 3. The van der Waals surface area contributed by atoms with Crippen molar-refractivity contribution in [3.63, 3.8) is 0 Å². The number of carbonyl (C=O) groups is 3. The van der Waals surface area contributed by atoms with Gasteiger partial charge in [-0.05, 0) is 76.2 Å². The van der Waals surface area contributed by atoms with Crippen LogP contribution in [0.15, 0.2) is 71.0 Å². The summed E-state index contributed by atoms with van der Waals surface area (Å²) in [5, 5.41) is 13.7. The van der Waals surface area contributed by atoms with Crippen LogP contribution in [0.25, 0.3) is 0 Å². The van der Waals surface area contributed by atoms with Crippen molar-refractivity contribution in [3.8, 4) is 0 Å². The molecule has 2 aliphatic rings. The number of cyclic esters (lactones) is 1. The fourth-order valence-electron chi connectivity index (χ4n) is 5.04. The molecule has 8 nitrogen and oxygen atoms in total. The predicted molar refractivity (Wildman–Crippen MR) is 169 cm³/mol. The van der Waals surface area contributed by atoms with Crippen molar-refractivity contribution in [2.24, 2.45) is 5.92 Å². The van der Waals surface area contributed by atoms with Crippen molar-refractivity contribution in [1.82, 2.24) is 5.32 Å². The first-order valence-corrected chi connectivity index (χ1v) is 15.4. The number of aliphatic hydroxyl groups is 1. The minimum absolute atomic E-state index is 0.0249. The van der Waals surface area contributed by atoms with Crippen molar-refractivity contribution in [2.75, 3.05) is 7.11 Å². The molecule has 0 fully saturated rings. The molecule has 1 amide bonds. The van der Waals surface area contributed by atoms with Crippen LogP contribution >= 0.6 is 0 Å². The lowest BCUT2D eigenvalue weighted by Crippen LogP contribution is -2.43. The van der Waals surface area contributed by atoms with Gasteiger partial charge in [0.05, 0.1) is 12.5 Å². The van der Waals surface area contributed by atoms with E-state index in [1.165, 1.54) is 6.08 Å². The van der Waals surface area contributed by atoms with Crippen molar-refractivity contribution in [3.05, 3.63) is 71.0 Å². The Morgan fingerprint density at radius 3 is 2.51 bits per heavy atom. The first-order valence-electron chi connectivity index (χ1n) is 15.4. The van der Waals surface area contributed by atoms with Crippen molar-refractivity contribution < 1.29 is 33.7 Å². The lowest BCUT2D eigenvalue weighted by molar-refractivity contribution is -0.152. The Morgan fingerprint density at radius 1 is 1.07 bits per heavy atom. The van der Waals surface area contributed by atoms with Crippen molar-refractivity contribution >= 4 is 17.8 Å². The van der Waals surface area contributed by atoms with E-state index in [0.717, 1.165) is 42.4 Å². The molecule has 0 aromatic heterocycles. The van der Waals surface area contributed by atoms with Crippen LogP contribution in [0.1, 0.15) is 92.4 Å². The van der Waals surface area contributed by atoms with Gasteiger partial charge in [0.1, 0.15) is 18.3 Å². The van der Waals surface area contributed by atoms with Gasteiger partial charge < -0.3 is 24.6 Å². The summed E-state index contributed by atoms with van der Waals surface area (Å²) in [4.78, 5) is 39.2. The summed E-state index contributed by atoms with van der Waals surface area (Å²) in [5.41, 5.74) is 4.09. The quantitative estimate of drug-likeness (QED) is 0.289. The van der Waals surface area contributed by atoms with E-state index in [9.17, 15) is 19.5 Å². The number of methoxy groups -OCH3 is 1. The lowest BCUT2D eigenvalue weighted by Gasteiger charge is -2.25. The maximum absolute atomic E-state index is 13.2. The van der Waals surface area contributed by atoms with Crippen LogP contribution < -0.4 is 5.32 Å². The first-order chi connectivity index (χ1) is 20.4. The second kappa shape index (κ2) is 18.4. The molecule has 43 heavy (non-hydrogen) atoms. The SMILES string of the molecule is C=C1CC(OC)CCCCC/C2=C\C(=O)OC(/C=C(/C)CC(=O)OC(/C=C\CC)C(C)C(O)C(=O)N2)C/C(C)=C\C=C\1C. The number of ether oxygens (including phenoxy) is 3. The normalized spacial score (nSPS) is 33.1. The Hall–Kier alpha value is -3.23. The highest BCUT2D eigenvalue weighted by atomic mass is 16.5. The molecule has 0 radical (unpaired) electrons. The van der Waals surface area contributed by atoms with E-state index in [0.29, 0.717) is 37.0 Å². The smallest absolute Gasteiger partial charge is 0.333 e. The molecule has 2 bridgehead atoms. The van der Waals surface area contributed by atoms with Gasteiger partial charge in [-0.2, -0.15) is 0 Å². The average Bonchev–Trinajstić information content (AvgIpc) is 2.94. The third-order valence-corrected chi connectivity index (χ3v) is 7.83. The van der Waals surface area contributed by atoms with E-state index < -0.39 is 42.1 Å². The topological polar surface area (TPSA) is 111 Å². The third-order valence-electron chi connectivity index (χ3n) is 7.83. The van der Waals surface area contributed by atoms with Crippen molar-refractivity contribution in [2.45, 2.75) is 117 Å². The second-order valence-electron chi connectivity index (χ2n) is 11.8. The Labute approximate surface area is 257 Å². The largest absolute Gasteiger partial charge is 0.457 e. The number of aliphatic hydroxyl groups excluding tert-OH is 1. The number of allylic oxidation sites excluding steroid dienone is 5. The van der Waals surface area contributed by atoms with Crippen LogP contribution in [-0.2, 0) is 28.6 Å². The molecule has 2 aliphatic heterocycles. The molecule has 5 atom stereocenters. The highest BCUT2D eigenvalue weighted by Crippen LogP contribution is 2.23. The Kier molecular flexibility index (Phi) is 15.4. The third kappa shape index (κ3) is 12.9. The van der Waals surface area contributed by atoms with E-state index in [2.05, 4.69) is 11.9 Å². The molecule has 5 unspecified atom stereocenters. The van der Waals surface area contributed by atoms with Gasteiger partial charge in [0.25, 0.3) is 5.91 Å². The number of amides is 1. The average molecular weight is 598 g/mol. The number of esters is 2. The Balaban J connectivity index is 2.54. The lowest BCUT2D eigenvalue weighted by atomic mass is 9.96. The predicted octanol–water partition coefficient (Wildman–Crippen LogP) is 6.33. The highest BCUT2D eigenvalue weighted by molar-refractivity contribution is 5.87. The maximum atomic E-state index is 13.2. The molecular weight excluding hydrogens is 546 g/mol. The van der Waals surface area contributed by atoms with E-state index in [1.807, 2.05) is 39.0 Å². The zero-order chi connectivity index (χ0) is 31.9. The minimum atomic E-state index is -1.47. The molecule has 0 aromatic rings. The maximum Gasteiger partial charge on any atom is 0.333 e. The number of rotatable bonds is 3. The summed E-state index contributed by atoms with van der Waals surface area (Å²) < 4.78 is 17.3. The van der Waals surface area contributed by atoms with Crippen LogP contribution in [-0.4, -0.2) is 54.5 Å². The second-order valence-corrected chi connectivity index (χ2v) is 11.8. The summed E-state index contributed by atoms with van der Waals surface area (Å²) in [6.45, 7) is 13.6. The van der Waals surface area contributed by atoms with Crippen molar-refractivity contribution in [1.29, 1.82) is 0 Å². The van der Waals surface area contributed by atoms with Gasteiger partial charge >= 0.3 is 11.9 Å². The molecule has 2 rings (SSSR count). The molecule has 0 saturated carbocycles. The number of hydrogen-bond donors (Lipinski definition) is 2. The molecule has 0 saturated heterocycles. The summed E-state index contributed by atoms with van der Waals surface area (Å²) in [5.74, 6) is -2.50. The Bertz CT molecular complexity index is 1140. The van der Waals surface area contributed by atoms with E-state index in [-0.39, 0.29) is 12.5 Å². The fourth-order valence-corrected chi connectivity index (χ4v) is 5.04. The van der Waals surface area contributed by atoms with E-state index in [1.54, 1.807) is 33.1 Å². The van der Waals surface area contributed by atoms with Crippen LogP contribution in [0.2, 0.25) is 0 Å². The summed E-state index contributed by atoms with van der Waals surface area (Å²) in [7, 11) is 1.72. The zero-order valence-corrected chi connectivity index (χ0v) is 26.8. The van der Waals surface area contributed by atoms with Gasteiger partial charge in [0, 0.05) is 31.2 Å². The van der Waals surface area contributed by atoms with Crippen LogP contribution in [0.5, 0.6) is 0 Å². The summed E-state index contributed by atoms with van der Waals surface area (Å²) in [6, 6.07) is 0. The van der Waals surface area contributed by atoms with Gasteiger partial charge in [-0.15, -0.1) is 0 Å². The van der Waals surface area contributed by atoms with Gasteiger partial charge in [-0.3, -0.25) is 9.59 Å². The zero-order valence-electron chi connectivity index (χ0n) is 26.8. The van der Waals surface area contributed by atoms with Gasteiger partial charge in [0.15, 0.2) is 0 Å². The van der Waals surface area contributed by atoms with Gasteiger partial charge in [-0.1, -0.05) is 62.6 Å². The fraction of sp³-hybridized carbons (Fsp3) is 0.571. The van der Waals surface area contributed by atoms with Crippen LogP contribution in [0.4, 0.5) is 0 Å². The Morgan fingerprint density at radius 2 is 1.81 bits per heavy atom. The van der Waals surface area contributed by atoms with Crippen LogP contribution in [0, 0.1) is 5.92 Å².